The van der Waals surface area contributed by atoms with Gasteiger partial charge in [-0.05, 0) is 36.6 Å². The monoisotopic (exact) mass is 409 g/mol. The van der Waals surface area contributed by atoms with E-state index in [1.165, 1.54) is 0 Å². The predicted molar refractivity (Wildman–Crippen MR) is 118 cm³/mol. The molecule has 3 aromatic heterocycles. The van der Waals surface area contributed by atoms with Gasteiger partial charge in [-0.1, -0.05) is 12.1 Å². The Bertz CT molecular complexity index is 1310. The Hall–Kier alpha value is -3.68. The second kappa shape index (κ2) is 8.22. The fraction of sp³-hybridized carbons (Fsp3) is 0.333. The topological polar surface area (TPSA) is 97.3 Å². The molecule has 1 saturated heterocycles. The highest BCUT2D eigenvalue weighted by Gasteiger charge is 2.26. The van der Waals surface area contributed by atoms with Crippen molar-refractivity contribution in [2.24, 2.45) is 0 Å². The first-order valence-corrected chi connectivity index (χ1v) is 10.7. The van der Waals surface area contributed by atoms with E-state index in [9.17, 15) is 5.26 Å². The number of nitrogens with zero attached hydrogens (tertiary/aromatic N) is 6. The maximum atomic E-state index is 9.27. The van der Waals surface area contributed by atoms with Crippen LogP contribution in [0.1, 0.15) is 42.3 Å². The van der Waals surface area contributed by atoms with Gasteiger partial charge in [0.15, 0.2) is 0 Å². The molecule has 0 atom stereocenters. The van der Waals surface area contributed by atoms with E-state index in [1.807, 2.05) is 30.6 Å². The van der Waals surface area contributed by atoms with Gasteiger partial charge >= 0.3 is 0 Å². The van der Waals surface area contributed by atoms with Crippen LogP contribution in [-0.4, -0.2) is 44.1 Å². The van der Waals surface area contributed by atoms with Gasteiger partial charge in [0.05, 0.1) is 29.4 Å². The number of nitriles is 2. The van der Waals surface area contributed by atoms with Crippen LogP contribution in [0.15, 0.2) is 42.7 Å². The van der Waals surface area contributed by atoms with Crippen LogP contribution in [0, 0.1) is 22.7 Å². The average Bonchev–Trinajstić information content (AvgIpc) is 3.42. The Balaban J connectivity index is 1.56. The van der Waals surface area contributed by atoms with Crippen molar-refractivity contribution in [3.63, 3.8) is 0 Å². The summed E-state index contributed by atoms with van der Waals surface area (Å²) >= 11 is 0. The molecule has 0 spiro atoms. The molecule has 7 nitrogen and oxygen atoms in total. The van der Waals surface area contributed by atoms with Crippen molar-refractivity contribution in [1.29, 1.82) is 10.5 Å². The molecule has 1 aliphatic heterocycles. The molecular weight excluding hydrogens is 386 g/mol. The number of nitrogens with one attached hydrogen (secondary N) is 1. The van der Waals surface area contributed by atoms with Crippen molar-refractivity contribution in [3.05, 3.63) is 59.7 Å². The lowest BCUT2D eigenvalue weighted by atomic mass is 10.0. The predicted octanol–water partition coefficient (Wildman–Crippen LogP) is 3.93. The van der Waals surface area contributed by atoms with Gasteiger partial charge in [0.25, 0.3) is 0 Å². The molecule has 0 saturated carbocycles. The van der Waals surface area contributed by atoms with Gasteiger partial charge in [0, 0.05) is 50.1 Å². The first-order chi connectivity index (χ1) is 15.3. The summed E-state index contributed by atoms with van der Waals surface area (Å²) in [7, 11) is 0. The van der Waals surface area contributed by atoms with Crippen LogP contribution in [-0.2, 0) is 6.42 Å². The molecule has 0 unspecified atom stereocenters. The number of hydrogen-bond donors (Lipinski definition) is 1. The normalized spacial score (nSPS) is 15.3. The molecule has 0 radical (unpaired) electrons. The van der Waals surface area contributed by atoms with Crippen LogP contribution in [0.25, 0.3) is 22.1 Å². The molecule has 0 bridgehead atoms. The van der Waals surface area contributed by atoms with E-state index in [-0.39, 0.29) is 0 Å². The molecule has 5 rings (SSSR count). The number of benzene rings is 1. The van der Waals surface area contributed by atoms with Crippen LogP contribution in [0.3, 0.4) is 0 Å². The first kappa shape index (κ1) is 19.3. The minimum absolute atomic E-state index is 0.345. The largest absolute Gasteiger partial charge is 0.346 e. The zero-order chi connectivity index (χ0) is 21.2. The summed E-state index contributed by atoms with van der Waals surface area (Å²) in [4.78, 5) is 15.1. The molecule has 1 aromatic carbocycles. The third kappa shape index (κ3) is 3.65. The molecule has 1 N–H and O–H groups in total. The van der Waals surface area contributed by atoms with Gasteiger partial charge in [-0.15, -0.1) is 0 Å². The zero-order valence-corrected chi connectivity index (χ0v) is 17.3. The minimum Gasteiger partial charge on any atom is -0.346 e. The first-order valence-electron chi connectivity index (χ1n) is 10.7. The van der Waals surface area contributed by atoms with E-state index >= 15 is 0 Å². The molecule has 1 aliphatic rings. The minimum atomic E-state index is 0.345. The molecule has 0 aliphatic carbocycles. The SMILES string of the molecule is N#CCCN1CCC(n2c(Cc3cccc(C#N)c3)nc3cnc4[nH]ccc4c32)CC1. The van der Waals surface area contributed by atoms with Crippen LogP contribution in [0.4, 0.5) is 0 Å². The van der Waals surface area contributed by atoms with Crippen molar-refractivity contribution in [1.82, 2.24) is 24.4 Å². The third-order valence-corrected chi connectivity index (χ3v) is 6.19. The second-order valence-electron chi connectivity index (χ2n) is 8.10. The number of aromatic amines is 1. The van der Waals surface area contributed by atoms with Crippen LogP contribution in [0.2, 0.25) is 0 Å². The summed E-state index contributed by atoms with van der Waals surface area (Å²) < 4.78 is 2.41. The van der Waals surface area contributed by atoms with Crippen molar-refractivity contribution in [2.45, 2.75) is 31.7 Å². The number of piperidine rings is 1. The van der Waals surface area contributed by atoms with Crippen LogP contribution in [0.5, 0.6) is 0 Å². The number of fused-ring (bicyclic) bond motifs is 3. The molecular formula is C24H23N7. The molecule has 154 valence electrons. The Morgan fingerprint density at radius 3 is 2.84 bits per heavy atom. The fourth-order valence-electron chi connectivity index (χ4n) is 4.70. The standard InChI is InChI=1S/C24H23N7/c25-8-2-10-30-11-6-19(7-12-30)31-22(14-17-3-1-4-18(13-17)15-26)29-21-16-28-24-20(23(21)31)5-9-27-24/h1,3-5,9,13,16,19H,2,6-7,10-12,14H2,(H,27,28). The molecule has 0 amide bonds. The highest BCUT2D eigenvalue weighted by atomic mass is 15.2. The summed E-state index contributed by atoms with van der Waals surface area (Å²) in [5.41, 5.74) is 4.66. The molecule has 4 aromatic rings. The maximum absolute atomic E-state index is 9.27. The fourth-order valence-corrected chi connectivity index (χ4v) is 4.70. The molecule has 7 heteroatoms. The van der Waals surface area contributed by atoms with E-state index < -0.39 is 0 Å². The smallest absolute Gasteiger partial charge is 0.139 e. The van der Waals surface area contributed by atoms with Crippen molar-refractivity contribution in [2.75, 3.05) is 19.6 Å². The number of hydrogen-bond acceptors (Lipinski definition) is 5. The van der Waals surface area contributed by atoms with Gasteiger partial charge in [0.1, 0.15) is 17.0 Å². The van der Waals surface area contributed by atoms with Crippen LogP contribution < -0.4 is 0 Å². The number of aromatic nitrogens is 4. The van der Waals surface area contributed by atoms with E-state index in [0.717, 1.165) is 65.9 Å². The van der Waals surface area contributed by atoms with Gasteiger partial charge in [-0.25, -0.2) is 9.97 Å². The maximum Gasteiger partial charge on any atom is 0.139 e. The Labute approximate surface area is 180 Å². The van der Waals surface area contributed by atoms with E-state index in [2.05, 4.69) is 43.7 Å². The zero-order valence-electron chi connectivity index (χ0n) is 17.3. The second-order valence-corrected chi connectivity index (χ2v) is 8.10. The van der Waals surface area contributed by atoms with Gasteiger partial charge in [0.2, 0.25) is 0 Å². The quantitative estimate of drug-likeness (QED) is 0.539. The van der Waals surface area contributed by atoms with E-state index in [4.69, 9.17) is 10.2 Å². The Morgan fingerprint density at radius 1 is 1.16 bits per heavy atom. The third-order valence-electron chi connectivity index (χ3n) is 6.19. The summed E-state index contributed by atoms with van der Waals surface area (Å²) in [5.74, 6) is 1.01. The lowest BCUT2D eigenvalue weighted by Crippen LogP contribution is -2.35. The van der Waals surface area contributed by atoms with Crippen LogP contribution >= 0.6 is 0 Å². The lowest BCUT2D eigenvalue weighted by molar-refractivity contribution is 0.190. The Kier molecular flexibility index (Phi) is 5.11. The highest BCUT2D eigenvalue weighted by molar-refractivity contribution is 6.01. The summed E-state index contributed by atoms with van der Waals surface area (Å²) in [6.07, 6.45) is 7.07. The average molecular weight is 409 g/mol. The Morgan fingerprint density at radius 2 is 2.03 bits per heavy atom. The number of pyridine rings is 1. The summed E-state index contributed by atoms with van der Waals surface area (Å²) in [6, 6.07) is 14.7. The summed E-state index contributed by atoms with van der Waals surface area (Å²) in [6.45, 7) is 2.81. The van der Waals surface area contributed by atoms with Crippen molar-refractivity contribution < 1.29 is 0 Å². The van der Waals surface area contributed by atoms with Gasteiger partial charge < -0.3 is 14.5 Å². The van der Waals surface area contributed by atoms with E-state index in [1.54, 1.807) is 0 Å². The summed E-state index contributed by atoms with van der Waals surface area (Å²) in [5, 5.41) is 19.3. The van der Waals surface area contributed by atoms with Crippen molar-refractivity contribution >= 4 is 22.1 Å². The van der Waals surface area contributed by atoms with Gasteiger partial charge in [-0.3, -0.25) is 0 Å². The van der Waals surface area contributed by atoms with E-state index in [0.29, 0.717) is 24.4 Å². The van der Waals surface area contributed by atoms with Gasteiger partial charge in [-0.2, -0.15) is 10.5 Å². The highest BCUT2D eigenvalue weighted by Crippen LogP contribution is 2.33. The number of imidazole rings is 1. The number of rotatable bonds is 5. The number of likely N-dealkylation sites (tertiary alicyclic amines) is 1. The lowest BCUT2D eigenvalue weighted by Gasteiger charge is -2.33. The molecule has 31 heavy (non-hydrogen) atoms. The molecule has 1 fully saturated rings. The molecule has 4 heterocycles. The van der Waals surface area contributed by atoms with Crippen molar-refractivity contribution in [3.8, 4) is 12.1 Å². The number of H-pyrrole nitrogens is 1.